The number of aromatic nitrogens is 2. The molecule has 40 heavy (non-hydrogen) atoms. The molecular formula is C29H32ClN5O4S. The van der Waals surface area contributed by atoms with Crippen molar-refractivity contribution in [2.75, 3.05) is 31.1 Å². The van der Waals surface area contributed by atoms with Gasteiger partial charge >= 0.3 is 0 Å². The van der Waals surface area contributed by atoms with Crippen LogP contribution in [0.15, 0.2) is 93.4 Å². The Morgan fingerprint density at radius 2 is 1.85 bits per heavy atom. The Morgan fingerprint density at radius 3 is 2.60 bits per heavy atom. The van der Waals surface area contributed by atoms with Crippen LogP contribution in [0.5, 0.6) is 5.88 Å². The maximum Gasteiger partial charge on any atom is 0.282 e. The molecule has 1 aliphatic heterocycles. The van der Waals surface area contributed by atoms with E-state index < -0.39 is 11.6 Å². The van der Waals surface area contributed by atoms with E-state index in [1.54, 1.807) is 6.07 Å². The number of amides is 1. The first-order chi connectivity index (χ1) is 18.9. The van der Waals surface area contributed by atoms with Gasteiger partial charge in [0.15, 0.2) is 0 Å². The lowest BCUT2D eigenvalue weighted by Gasteiger charge is -2.35. The molecule has 2 atom stereocenters. The van der Waals surface area contributed by atoms with Gasteiger partial charge in [0.1, 0.15) is 10.9 Å². The number of aromatic hydroxyl groups is 1. The van der Waals surface area contributed by atoms with Crippen molar-refractivity contribution >= 4 is 35.0 Å². The molecule has 2 heterocycles. The third-order valence-corrected chi connectivity index (χ3v) is 8.14. The van der Waals surface area contributed by atoms with Gasteiger partial charge in [-0.05, 0) is 35.4 Å². The standard InChI is InChI=1S/C29H29ClN4O4S.H3N/c1-19(35)31-17-23-18-33(14-15-38-23)22-11-7-10-21(16-22)26(20-8-3-2-4-9-20)34-29(37)27(28(36)32-34)39-25-13-6-5-12-24(25)30;/h2-13,16,23,26,37H,14-15,17-18H2,1H3,(H,31,35)(H,32,36);1H3. The van der Waals surface area contributed by atoms with E-state index in [4.69, 9.17) is 16.3 Å². The molecule has 0 bridgehead atoms. The molecule has 1 aliphatic rings. The second kappa shape index (κ2) is 13.1. The van der Waals surface area contributed by atoms with Crippen LogP contribution < -0.4 is 21.9 Å². The van der Waals surface area contributed by atoms with Crippen molar-refractivity contribution in [2.24, 2.45) is 0 Å². The van der Waals surface area contributed by atoms with E-state index in [1.807, 2.05) is 66.7 Å². The number of hydrogen-bond donors (Lipinski definition) is 4. The summed E-state index contributed by atoms with van der Waals surface area (Å²) < 4.78 is 7.35. The zero-order chi connectivity index (χ0) is 27.4. The Balaban J connectivity index is 0.00000370. The minimum atomic E-state index is -0.490. The molecule has 4 aromatic rings. The topological polar surface area (TPSA) is 135 Å². The normalized spacial score (nSPS) is 15.8. The first-order valence-corrected chi connectivity index (χ1v) is 13.8. The third kappa shape index (κ3) is 6.53. The predicted molar refractivity (Wildman–Crippen MR) is 158 cm³/mol. The van der Waals surface area contributed by atoms with E-state index in [2.05, 4.69) is 21.4 Å². The maximum absolute atomic E-state index is 13.1. The molecule has 9 nitrogen and oxygen atoms in total. The highest BCUT2D eigenvalue weighted by Crippen LogP contribution is 2.39. The van der Waals surface area contributed by atoms with E-state index in [0.29, 0.717) is 36.2 Å². The van der Waals surface area contributed by atoms with Gasteiger partial charge in [0, 0.05) is 37.1 Å². The van der Waals surface area contributed by atoms with Crippen molar-refractivity contribution in [1.29, 1.82) is 0 Å². The van der Waals surface area contributed by atoms with Crippen LogP contribution in [-0.2, 0) is 9.53 Å². The van der Waals surface area contributed by atoms with Crippen molar-refractivity contribution < 1.29 is 14.6 Å². The lowest BCUT2D eigenvalue weighted by Crippen LogP contribution is -2.47. The number of anilines is 1. The van der Waals surface area contributed by atoms with Crippen molar-refractivity contribution in [2.45, 2.75) is 28.9 Å². The molecule has 210 valence electrons. The molecule has 1 saturated heterocycles. The largest absolute Gasteiger partial charge is 0.493 e. The van der Waals surface area contributed by atoms with Gasteiger partial charge in [-0.3, -0.25) is 14.7 Å². The first-order valence-electron chi connectivity index (χ1n) is 12.6. The van der Waals surface area contributed by atoms with Crippen LogP contribution >= 0.6 is 23.4 Å². The molecule has 1 fully saturated rings. The zero-order valence-corrected chi connectivity index (χ0v) is 23.6. The second-order valence-corrected chi connectivity index (χ2v) is 10.7. The quantitative estimate of drug-likeness (QED) is 0.234. The molecule has 1 amide bonds. The molecule has 0 aliphatic carbocycles. The van der Waals surface area contributed by atoms with Crippen molar-refractivity contribution in [3.63, 3.8) is 0 Å². The molecular weight excluding hydrogens is 550 g/mol. The number of halogens is 1. The SMILES string of the molecule is CC(=O)NCC1CN(c2cccc(C(c3ccccc3)n3[nH]c(=O)c(Sc4ccccc4Cl)c3O)c2)CCO1.N. The highest BCUT2D eigenvalue weighted by atomic mass is 35.5. The summed E-state index contributed by atoms with van der Waals surface area (Å²) in [5.74, 6) is -0.248. The molecule has 0 radical (unpaired) electrons. The summed E-state index contributed by atoms with van der Waals surface area (Å²) in [6.45, 7) is 3.82. The van der Waals surface area contributed by atoms with Crippen LogP contribution in [0.3, 0.4) is 0 Å². The number of nitrogens with one attached hydrogen (secondary N) is 2. The summed E-state index contributed by atoms with van der Waals surface area (Å²) in [6, 6.07) is 24.5. The average Bonchev–Trinajstić information content (AvgIpc) is 3.22. The number of H-pyrrole nitrogens is 1. The van der Waals surface area contributed by atoms with Gasteiger partial charge in [0.2, 0.25) is 11.8 Å². The minimum absolute atomic E-state index is 0. The van der Waals surface area contributed by atoms with Crippen LogP contribution in [0.2, 0.25) is 5.02 Å². The fourth-order valence-electron chi connectivity index (χ4n) is 4.69. The fourth-order valence-corrected chi connectivity index (χ4v) is 5.80. The number of hydrogen-bond acceptors (Lipinski definition) is 7. The first kappa shape index (κ1) is 29.3. The predicted octanol–water partition coefficient (Wildman–Crippen LogP) is 4.83. The van der Waals surface area contributed by atoms with Crippen molar-refractivity contribution in [3.8, 4) is 5.88 Å². The number of benzene rings is 3. The van der Waals surface area contributed by atoms with Gasteiger partial charge in [-0.1, -0.05) is 78.0 Å². The van der Waals surface area contributed by atoms with Crippen LogP contribution in [-0.4, -0.2) is 53.1 Å². The summed E-state index contributed by atoms with van der Waals surface area (Å²) in [6.07, 6.45) is -0.120. The minimum Gasteiger partial charge on any atom is -0.493 e. The monoisotopic (exact) mass is 581 g/mol. The number of rotatable bonds is 8. The van der Waals surface area contributed by atoms with Gasteiger partial charge in [-0.25, -0.2) is 4.68 Å². The van der Waals surface area contributed by atoms with Crippen LogP contribution in [0, 0.1) is 0 Å². The van der Waals surface area contributed by atoms with E-state index in [0.717, 1.165) is 28.6 Å². The van der Waals surface area contributed by atoms with E-state index in [1.165, 1.54) is 11.6 Å². The van der Waals surface area contributed by atoms with Crippen LogP contribution in [0.1, 0.15) is 24.1 Å². The number of aromatic amines is 1. The van der Waals surface area contributed by atoms with Crippen LogP contribution in [0.4, 0.5) is 5.69 Å². The molecule has 2 unspecified atom stereocenters. The molecule has 6 N–H and O–H groups in total. The molecule has 5 rings (SSSR count). The van der Waals surface area contributed by atoms with Gasteiger partial charge in [-0.2, -0.15) is 0 Å². The number of morpholine rings is 1. The molecule has 11 heteroatoms. The van der Waals surface area contributed by atoms with Gasteiger partial charge in [0.25, 0.3) is 5.56 Å². The van der Waals surface area contributed by atoms with E-state index >= 15 is 0 Å². The summed E-state index contributed by atoms with van der Waals surface area (Å²) in [4.78, 5) is 27.5. The molecule has 0 spiro atoms. The number of carbonyl (C=O) groups is 1. The summed E-state index contributed by atoms with van der Waals surface area (Å²) >= 11 is 7.45. The Hall–Kier alpha value is -3.70. The number of carbonyl (C=O) groups excluding carboxylic acids is 1. The summed E-state index contributed by atoms with van der Waals surface area (Å²) in [5.41, 5.74) is 2.38. The summed E-state index contributed by atoms with van der Waals surface area (Å²) in [7, 11) is 0. The summed E-state index contributed by atoms with van der Waals surface area (Å²) in [5, 5.41) is 17.5. The highest BCUT2D eigenvalue weighted by molar-refractivity contribution is 7.99. The van der Waals surface area contributed by atoms with E-state index in [-0.39, 0.29) is 28.9 Å². The van der Waals surface area contributed by atoms with Gasteiger partial charge < -0.3 is 26.2 Å². The van der Waals surface area contributed by atoms with Crippen molar-refractivity contribution in [3.05, 3.63) is 105 Å². The fraction of sp³-hybridized carbons (Fsp3) is 0.241. The Bertz CT molecular complexity index is 1510. The molecule has 1 aromatic heterocycles. The molecule has 0 saturated carbocycles. The lowest BCUT2D eigenvalue weighted by molar-refractivity contribution is -0.119. The smallest absolute Gasteiger partial charge is 0.282 e. The second-order valence-electron chi connectivity index (χ2n) is 9.28. The maximum atomic E-state index is 13.1. The number of ether oxygens (including phenoxy) is 1. The Kier molecular flexibility index (Phi) is 9.59. The van der Waals surface area contributed by atoms with Crippen LogP contribution in [0.25, 0.3) is 0 Å². The zero-order valence-electron chi connectivity index (χ0n) is 22.0. The lowest BCUT2D eigenvalue weighted by atomic mass is 9.98. The third-order valence-electron chi connectivity index (χ3n) is 6.55. The van der Waals surface area contributed by atoms with Gasteiger partial charge in [0.05, 0.1) is 17.7 Å². The van der Waals surface area contributed by atoms with Gasteiger partial charge in [-0.15, -0.1) is 0 Å². The Morgan fingerprint density at radius 1 is 1.12 bits per heavy atom. The Labute approximate surface area is 241 Å². The number of nitrogens with zero attached hydrogens (tertiary/aromatic N) is 2. The average molecular weight is 582 g/mol. The van der Waals surface area contributed by atoms with E-state index in [9.17, 15) is 14.7 Å². The highest BCUT2D eigenvalue weighted by Gasteiger charge is 2.26. The van der Waals surface area contributed by atoms with Crippen molar-refractivity contribution in [1.82, 2.24) is 21.2 Å². The molecule has 3 aromatic carbocycles.